The predicted molar refractivity (Wildman–Crippen MR) is 128 cm³/mol. The van der Waals surface area contributed by atoms with E-state index in [-0.39, 0.29) is 4.90 Å². The summed E-state index contributed by atoms with van der Waals surface area (Å²) in [6, 6.07) is 11.7. The number of aryl methyl sites for hydroxylation is 1. The Morgan fingerprint density at radius 2 is 1.79 bits per heavy atom. The van der Waals surface area contributed by atoms with Gasteiger partial charge in [-0.1, -0.05) is 31.5 Å². The van der Waals surface area contributed by atoms with Crippen molar-refractivity contribution in [1.82, 2.24) is 14.3 Å². The molecule has 1 saturated heterocycles. The smallest absolute Gasteiger partial charge is 0.326 e. The summed E-state index contributed by atoms with van der Waals surface area (Å²) in [5.74, 6) is 0.883. The van der Waals surface area contributed by atoms with Crippen molar-refractivity contribution in [1.29, 1.82) is 0 Å². The van der Waals surface area contributed by atoms with E-state index in [9.17, 15) is 13.2 Å². The number of carbonyl (C=O) groups excluding carboxylic acids is 1. The lowest BCUT2D eigenvalue weighted by atomic mass is 10.2. The second-order valence-electron chi connectivity index (χ2n) is 7.42. The monoisotopic (exact) mass is 487 g/mol. The van der Waals surface area contributed by atoms with Crippen LogP contribution < -0.4 is 10.6 Å². The molecule has 33 heavy (non-hydrogen) atoms. The molecule has 0 saturated carbocycles. The maximum Gasteiger partial charge on any atom is 0.326 e. The molecule has 1 aliphatic heterocycles. The Kier molecular flexibility index (Phi) is 7.33. The fourth-order valence-electron chi connectivity index (χ4n) is 3.38. The summed E-state index contributed by atoms with van der Waals surface area (Å²) in [5.41, 5.74) is 1.69. The van der Waals surface area contributed by atoms with E-state index in [1.165, 1.54) is 15.6 Å². The largest absolute Gasteiger partial charge is 0.379 e. The van der Waals surface area contributed by atoms with Gasteiger partial charge in [0.25, 0.3) is 0 Å². The first kappa shape index (κ1) is 23.3. The molecule has 0 spiro atoms. The van der Waals surface area contributed by atoms with Gasteiger partial charge >= 0.3 is 6.03 Å². The standard InChI is InChI=1S/C22H25N5O4S2/c1-2-4-17-5-3-6-19(23-17)25-22(28)26-20-15-32-21(24-20)16-7-9-18(10-8-16)33(29,30)27-11-13-31-14-12-27/h3,5-10,15H,2,4,11-14H2,1H3,(H2,23,25,26,28). The zero-order chi connectivity index (χ0) is 23.3. The van der Waals surface area contributed by atoms with E-state index in [1.807, 2.05) is 12.1 Å². The highest BCUT2D eigenvalue weighted by Gasteiger charge is 2.26. The Morgan fingerprint density at radius 3 is 2.52 bits per heavy atom. The number of carbonyl (C=O) groups is 1. The van der Waals surface area contributed by atoms with Gasteiger partial charge in [-0.3, -0.25) is 10.6 Å². The maximum absolute atomic E-state index is 12.8. The molecule has 11 heteroatoms. The molecule has 1 aliphatic rings. The molecule has 0 aliphatic carbocycles. The van der Waals surface area contributed by atoms with Crippen LogP contribution >= 0.6 is 11.3 Å². The minimum absolute atomic E-state index is 0.236. The number of amides is 2. The summed E-state index contributed by atoms with van der Waals surface area (Å²) in [6.07, 6.45) is 1.82. The Labute approximate surface area is 196 Å². The second kappa shape index (κ2) is 10.4. The van der Waals surface area contributed by atoms with Crippen molar-refractivity contribution >= 4 is 39.0 Å². The van der Waals surface area contributed by atoms with Crippen molar-refractivity contribution < 1.29 is 17.9 Å². The zero-order valence-electron chi connectivity index (χ0n) is 18.2. The van der Waals surface area contributed by atoms with Gasteiger partial charge in [-0.25, -0.2) is 23.2 Å². The van der Waals surface area contributed by atoms with Gasteiger partial charge in [-0.15, -0.1) is 11.3 Å². The van der Waals surface area contributed by atoms with Crippen molar-refractivity contribution in [3.8, 4) is 10.6 Å². The number of pyridine rings is 1. The van der Waals surface area contributed by atoms with Gasteiger partial charge < -0.3 is 4.74 Å². The van der Waals surface area contributed by atoms with E-state index < -0.39 is 16.1 Å². The van der Waals surface area contributed by atoms with Crippen LogP contribution in [-0.4, -0.2) is 55.0 Å². The summed E-state index contributed by atoms with van der Waals surface area (Å²) >= 11 is 1.36. The fourth-order valence-corrected chi connectivity index (χ4v) is 5.54. The topological polar surface area (TPSA) is 114 Å². The highest BCUT2D eigenvalue weighted by molar-refractivity contribution is 7.89. The minimum atomic E-state index is -3.54. The van der Waals surface area contributed by atoms with Gasteiger partial charge in [0, 0.05) is 29.7 Å². The number of nitrogens with one attached hydrogen (secondary N) is 2. The Balaban J connectivity index is 1.40. The van der Waals surface area contributed by atoms with E-state index in [0.29, 0.717) is 42.9 Å². The van der Waals surface area contributed by atoms with Gasteiger partial charge in [-0.2, -0.15) is 4.31 Å². The summed E-state index contributed by atoms with van der Waals surface area (Å²) in [6.45, 7) is 3.59. The predicted octanol–water partition coefficient (Wildman–Crippen LogP) is 3.82. The van der Waals surface area contributed by atoms with E-state index in [0.717, 1.165) is 24.1 Å². The van der Waals surface area contributed by atoms with E-state index >= 15 is 0 Å². The number of aromatic nitrogens is 2. The van der Waals surface area contributed by atoms with E-state index in [1.54, 1.807) is 35.7 Å². The molecule has 0 atom stereocenters. The molecule has 2 aromatic heterocycles. The van der Waals surface area contributed by atoms with Crippen LogP contribution in [0.4, 0.5) is 16.4 Å². The highest BCUT2D eigenvalue weighted by Crippen LogP contribution is 2.28. The van der Waals surface area contributed by atoms with Gasteiger partial charge in [0.2, 0.25) is 10.0 Å². The van der Waals surface area contributed by atoms with Crippen LogP contribution in [0.2, 0.25) is 0 Å². The molecule has 0 radical (unpaired) electrons. The molecule has 9 nitrogen and oxygen atoms in total. The van der Waals surface area contributed by atoms with Crippen molar-refractivity contribution in [3.63, 3.8) is 0 Å². The van der Waals surface area contributed by atoms with Crippen LogP contribution in [0.1, 0.15) is 19.0 Å². The molecular weight excluding hydrogens is 462 g/mol. The van der Waals surface area contributed by atoms with E-state index in [4.69, 9.17) is 4.74 Å². The Bertz CT molecular complexity index is 1210. The maximum atomic E-state index is 12.8. The van der Waals surface area contributed by atoms with Crippen LogP contribution in [0.25, 0.3) is 10.6 Å². The van der Waals surface area contributed by atoms with E-state index in [2.05, 4.69) is 27.5 Å². The number of ether oxygens (including phenoxy) is 1. The molecule has 2 amide bonds. The van der Waals surface area contributed by atoms with Crippen LogP contribution in [0.3, 0.4) is 0 Å². The lowest BCUT2D eigenvalue weighted by Crippen LogP contribution is -2.40. The number of hydrogen-bond donors (Lipinski definition) is 2. The Morgan fingerprint density at radius 1 is 1.06 bits per heavy atom. The number of urea groups is 1. The number of nitrogens with zero attached hydrogens (tertiary/aromatic N) is 3. The number of anilines is 2. The number of thiazole rings is 1. The average molecular weight is 488 g/mol. The van der Waals surface area contributed by atoms with Crippen molar-refractivity contribution in [2.45, 2.75) is 24.7 Å². The summed E-state index contributed by atoms with van der Waals surface area (Å²) in [5, 5.41) is 7.82. The molecule has 1 aromatic carbocycles. The zero-order valence-corrected chi connectivity index (χ0v) is 19.8. The minimum Gasteiger partial charge on any atom is -0.379 e. The van der Waals surface area contributed by atoms with Crippen molar-refractivity contribution in [2.75, 3.05) is 36.9 Å². The molecule has 1 fully saturated rings. The first-order chi connectivity index (χ1) is 16.0. The molecule has 3 heterocycles. The lowest BCUT2D eigenvalue weighted by molar-refractivity contribution is 0.0730. The molecule has 174 valence electrons. The molecule has 0 bridgehead atoms. The quantitative estimate of drug-likeness (QED) is 0.524. The van der Waals surface area contributed by atoms with Crippen LogP contribution in [-0.2, 0) is 21.2 Å². The first-order valence-electron chi connectivity index (χ1n) is 10.6. The normalized spacial score (nSPS) is 14.7. The number of rotatable bonds is 7. The third kappa shape index (κ3) is 5.74. The molecule has 4 rings (SSSR count). The van der Waals surface area contributed by atoms with Crippen LogP contribution in [0.15, 0.2) is 52.7 Å². The molecule has 3 aromatic rings. The SMILES string of the molecule is CCCc1cccc(NC(=O)Nc2csc(-c3ccc(S(=O)(=O)N4CCOCC4)cc3)n2)n1. The van der Waals surface area contributed by atoms with Crippen LogP contribution in [0.5, 0.6) is 0 Å². The Hall–Kier alpha value is -2.86. The number of hydrogen-bond acceptors (Lipinski definition) is 7. The summed E-state index contributed by atoms with van der Waals surface area (Å²) < 4.78 is 32.2. The average Bonchev–Trinajstić information content (AvgIpc) is 3.28. The summed E-state index contributed by atoms with van der Waals surface area (Å²) in [4.78, 5) is 21.4. The molecule has 2 N–H and O–H groups in total. The third-order valence-electron chi connectivity index (χ3n) is 5.01. The van der Waals surface area contributed by atoms with Gasteiger partial charge in [0.05, 0.1) is 18.1 Å². The van der Waals surface area contributed by atoms with Gasteiger partial charge in [0.1, 0.15) is 16.6 Å². The van der Waals surface area contributed by atoms with Gasteiger partial charge in [-0.05, 0) is 30.7 Å². The highest BCUT2D eigenvalue weighted by atomic mass is 32.2. The van der Waals surface area contributed by atoms with Crippen LogP contribution in [0, 0.1) is 0 Å². The fraction of sp³-hybridized carbons (Fsp3) is 0.318. The number of benzene rings is 1. The van der Waals surface area contributed by atoms with Gasteiger partial charge in [0.15, 0.2) is 0 Å². The van der Waals surface area contributed by atoms with Crippen molar-refractivity contribution in [2.24, 2.45) is 0 Å². The van der Waals surface area contributed by atoms with Crippen molar-refractivity contribution in [3.05, 3.63) is 53.5 Å². The molecular formula is C22H25N5O4S2. The second-order valence-corrected chi connectivity index (χ2v) is 10.2. The lowest BCUT2D eigenvalue weighted by Gasteiger charge is -2.26. The molecule has 0 unspecified atom stereocenters. The number of sulfonamides is 1. The summed E-state index contributed by atoms with van der Waals surface area (Å²) in [7, 11) is -3.54. The first-order valence-corrected chi connectivity index (χ1v) is 13.0. The third-order valence-corrected chi connectivity index (χ3v) is 7.81. The number of morpholine rings is 1.